The van der Waals surface area contributed by atoms with Gasteiger partial charge in [-0.05, 0) is 43.4 Å². The molecule has 4 rings (SSSR count). The molecule has 1 aromatic heterocycles. The van der Waals surface area contributed by atoms with Crippen LogP contribution in [0.2, 0.25) is 0 Å². The van der Waals surface area contributed by atoms with Crippen LogP contribution in [-0.2, 0) is 11.2 Å². The minimum absolute atomic E-state index is 0.0235. The first-order valence-electron chi connectivity index (χ1n) is 9.76. The van der Waals surface area contributed by atoms with E-state index >= 15 is 0 Å². The quantitative estimate of drug-likeness (QED) is 0.840. The minimum atomic E-state index is -0.245. The van der Waals surface area contributed by atoms with Crippen LogP contribution >= 0.6 is 11.3 Å². The molecule has 4 nitrogen and oxygen atoms in total. The van der Waals surface area contributed by atoms with Crippen LogP contribution in [0.4, 0.5) is 4.39 Å². The monoisotopic (exact) mass is 388 g/mol. The standard InChI is InChI=1S/C21H25FN2O2S/c22-16-6-4-15(5-7-16)12-19-24-18(14-27-19)20(25)23-17-8-11-26-21(13-17)9-2-1-3-10-21/h4-7,14,17H,1-3,8-13H2,(H,23,25). The van der Waals surface area contributed by atoms with Crippen LogP contribution in [0.5, 0.6) is 0 Å². The number of benzene rings is 1. The van der Waals surface area contributed by atoms with Crippen molar-refractivity contribution < 1.29 is 13.9 Å². The van der Waals surface area contributed by atoms with Crippen LogP contribution in [0.3, 0.4) is 0 Å². The number of carbonyl (C=O) groups is 1. The van der Waals surface area contributed by atoms with Crippen LogP contribution in [0, 0.1) is 5.82 Å². The number of aromatic nitrogens is 1. The molecule has 1 atom stereocenters. The molecule has 1 aliphatic carbocycles. The molecule has 1 aliphatic heterocycles. The summed E-state index contributed by atoms with van der Waals surface area (Å²) < 4.78 is 19.1. The molecule has 6 heteroatoms. The number of hydrogen-bond donors (Lipinski definition) is 1. The zero-order chi connectivity index (χ0) is 18.7. The van der Waals surface area contributed by atoms with Crippen molar-refractivity contribution in [2.75, 3.05) is 6.61 Å². The molecule has 2 aliphatic rings. The molecule has 1 spiro atoms. The molecule has 1 N–H and O–H groups in total. The van der Waals surface area contributed by atoms with E-state index in [1.807, 2.05) is 5.38 Å². The Bertz CT molecular complexity index is 778. The number of ether oxygens (including phenoxy) is 1. The SMILES string of the molecule is O=C(NC1CCOC2(CCCCC2)C1)c1csc(Cc2ccc(F)cc2)n1. The average Bonchev–Trinajstić information content (AvgIpc) is 3.13. The largest absolute Gasteiger partial charge is 0.375 e. The van der Waals surface area contributed by atoms with Gasteiger partial charge in [0, 0.05) is 24.4 Å². The lowest BCUT2D eigenvalue weighted by atomic mass is 9.78. The van der Waals surface area contributed by atoms with Crippen molar-refractivity contribution in [2.45, 2.75) is 63.0 Å². The third-order valence-corrected chi connectivity index (χ3v) is 6.49. The fourth-order valence-corrected chi connectivity index (χ4v) is 5.04. The third kappa shape index (κ3) is 4.55. The Morgan fingerprint density at radius 2 is 2.04 bits per heavy atom. The lowest BCUT2D eigenvalue weighted by Gasteiger charge is -2.43. The summed E-state index contributed by atoms with van der Waals surface area (Å²) in [7, 11) is 0. The zero-order valence-corrected chi connectivity index (χ0v) is 16.2. The van der Waals surface area contributed by atoms with Crippen LogP contribution in [0.25, 0.3) is 0 Å². The van der Waals surface area contributed by atoms with Gasteiger partial charge in [0.15, 0.2) is 0 Å². The van der Waals surface area contributed by atoms with Crippen LogP contribution in [0.15, 0.2) is 29.6 Å². The van der Waals surface area contributed by atoms with Crippen molar-refractivity contribution in [3.8, 4) is 0 Å². The summed E-state index contributed by atoms with van der Waals surface area (Å²) >= 11 is 1.47. The summed E-state index contributed by atoms with van der Waals surface area (Å²) in [5.74, 6) is -0.348. The van der Waals surface area contributed by atoms with Crippen LogP contribution < -0.4 is 5.32 Å². The Balaban J connectivity index is 1.35. The molecule has 0 bridgehead atoms. The fourth-order valence-electron chi connectivity index (χ4n) is 4.23. The summed E-state index contributed by atoms with van der Waals surface area (Å²) in [5, 5.41) is 5.84. The predicted molar refractivity (Wildman–Crippen MR) is 104 cm³/mol. The predicted octanol–water partition coefficient (Wildman–Crippen LogP) is 4.48. The van der Waals surface area contributed by atoms with Gasteiger partial charge >= 0.3 is 0 Å². The molecule has 1 aromatic carbocycles. The van der Waals surface area contributed by atoms with E-state index in [0.717, 1.165) is 42.9 Å². The van der Waals surface area contributed by atoms with Gasteiger partial charge in [-0.2, -0.15) is 0 Å². The number of carbonyl (C=O) groups excluding carboxylic acids is 1. The van der Waals surface area contributed by atoms with E-state index in [2.05, 4.69) is 10.3 Å². The van der Waals surface area contributed by atoms with Crippen molar-refractivity contribution >= 4 is 17.2 Å². The highest BCUT2D eigenvalue weighted by molar-refractivity contribution is 7.09. The van der Waals surface area contributed by atoms with Gasteiger partial charge in [0.05, 0.1) is 10.6 Å². The van der Waals surface area contributed by atoms with E-state index in [0.29, 0.717) is 12.1 Å². The highest BCUT2D eigenvalue weighted by Gasteiger charge is 2.39. The third-order valence-electron chi connectivity index (χ3n) is 5.65. The second kappa shape index (κ2) is 8.07. The van der Waals surface area contributed by atoms with Gasteiger partial charge < -0.3 is 10.1 Å². The Hall–Kier alpha value is -1.79. The van der Waals surface area contributed by atoms with Crippen molar-refractivity contribution in [1.82, 2.24) is 10.3 Å². The van der Waals surface area contributed by atoms with Crippen LogP contribution in [-0.4, -0.2) is 29.1 Å². The molecule has 2 heterocycles. The summed E-state index contributed by atoms with van der Waals surface area (Å²) in [4.78, 5) is 17.1. The Kier molecular flexibility index (Phi) is 5.55. The Morgan fingerprint density at radius 3 is 2.81 bits per heavy atom. The lowest BCUT2D eigenvalue weighted by molar-refractivity contribution is -0.107. The molecular weight excluding hydrogens is 363 g/mol. The number of rotatable bonds is 4. The van der Waals surface area contributed by atoms with E-state index in [1.54, 1.807) is 12.1 Å². The van der Waals surface area contributed by atoms with E-state index in [1.165, 1.54) is 42.7 Å². The summed E-state index contributed by atoms with van der Waals surface area (Å²) in [5.41, 5.74) is 1.44. The van der Waals surface area contributed by atoms with Crippen molar-refractivity contribution in [1.29, 1.82) is 0 Å². The summed E-state index contributed by atoms with van der Waals surface area (Å²) in [6.45, 7) is 0.720. The maximum Gasteiger partial charge on any atom is 0.270 e. The Labute approximate surface area is 163 Å². The maximum atomic E-state index is 13.0. The average molecular weight is 389 g/mol. The van der Waals surface area contributed by atoms with Gasteiger partial charge in [-0.1, -0.05) is 31.4 Å². The van der Waals surface area contributed by atoms with Gasteiger partial charge in [0.2, 0.25) is 0 Å². The number of hydrogen-bond acceptors (Lipinski definition) is 4. The molecule has 2 fully saturated rings. The van der Waals surface area contributed by atoms with E-state index in [9.17, 15) is 9.18 Å². The number of halogens is 1. The zero-order valence-electron chi connectivity index (χ0n) is 15.4. The molecule has 2 aromatic rings. The highest BCUT2D eigenvalue weighted by Crippen LogP contribution is 2.38. The van der Waals surface area contributed by atoms with Gasteiger partial charge in [-0.15, -0.1) is 11.3 Å². The van der Waals surface area contributed by atoms with E-state index in [4.69, 9.17) is 4.74 Å². The van der Waals surface area contributed by atoms with Gasteiger partial charge in [-0.25, -0.2) is 9.37 Å². The summed E-state index contributed by atoms with van der Waals surface area (Å²) in [6.07, 6.45) is 8.33. The first-order chi connectivity index (χ1) is 13.1. The van der Waals surface area contributed by atoms with Gasteiger partial charge in [0.1, 0.15) is 11.5 Å². The number of amides is 1. The number of nitrogens with one attached hydrogen (secondary N) is 1. The van der Waals surface area contributed by atoms with Crippen molar-refractivity contribution in [2.24, 2.45) is 0 Å². The second-order valence-corrected chi connectivity index (χ2v) is 8.63. The number of thiazole rings is 1. The van der Waals surface area contributed by atoms with E-state index < -0.39 is 0 Å². The van der Waals surface area contributed by atoms with Crippen molar-refractivity contribution in [3.05, 3.63) is 51.7 Å². The molecule has 144 valence electrons. The Morgan fingerprint density at radius 1 is 1.26 bits per heavy atom. The number of nitrogens with zero attached hydrogens (tertiary/aromatic N) is 1. The molecule has 1 saturated carbocycles. The molecule has 1 saturated heterocycles. The molecule has 27 heavy (non-hydrogen) atoms. The minimum Gasteiger partial charge on any atom is -0.375 e. The normalized spacial score (nSPS) is 21.9. The topological polar surface area (TPSA) is 51.2 Å². The van der Waals surface area contributed by atoms with E-state index in [-0.39, 0.29) is 23.4 Å². The maximum absolute atomic E-state index is 13.0. The van der Waals surface area contributed by atoms with Crippen LogP contribution in [0.1, 0.15) is 66.0 Å². The first kappa shape index (κ1) is 18.6. The van der Waals surface area contributed by atoms with Gasteiger partial charge in [0.25, 0.3) is 5.91 Å². The summed E-state index contributed by atoms with van der Waals surface area (Å²) in [6, 6.07) is 6.56. The lowest BCUT2D eigenvalue weighted by Crippen LogP contribution is -2.49. The first-order valence-corrected chi connectivity index (χ1v) is 10.6. The fraction of sp³-hybridized carbons (Fsp3) is 0.524. The smallest absolute Gasteiger partial charge is 0.270 e. The molecule has 0 radical (unpaired) electrons. The highest BCUT2D eigenvalue weighted by atomic mass is 32.1. The molecule has 1 unspecified atom stereocenters. The van der Waals surface area contributed by atoms with Crippen molar-refractivity contribution in [3.63, 3.8) is 0 Å². The second-order valence-electron chi connectivity index (χ2n) is 7.69. The molecular formula is C21H25FN2O2S. The van der Waals surface area contributed by atoms with Gasteiger partial charge in [-0.3, -0.25) is 4.79 Å². The molecule has 1 amide bonds.